The number of hydrogen-bond acceptors (Lipinski definition) is 2. The number of alkyl halides is 3. The Labute approximate surface area is 131 Å². The molecule has 0 aromatic heterocycles. The van der Waals surface area contributed by atoms with E-state index in [0.717, 1.165) is 28.3 Å². The van der Waals surface area contributed by atoms with E-state index in [1.54, 1.807) is 12.1 Å². The quantitative estimate of drug-likeness (QED) is 0.576. The summed E-state index contributed by atoms with van der Waals surface area (Å²) >= 11 is 0. The molecule has 0 aliphatic carbocycles. The van der Waals surface area contributed by atoms with Gasteiger partial charge < -0.3 is 9.47 Å². The number of benzene rings is 3. The first-order chi connectivity index (χ1) is 11.0. The summed E-state index contributed by atoms with van der Waals surface area (Å²) in [5.41, 5.74) is 0. The fraction of sp³-hybridized carbons (Fsp3) is 0.222. The topological polar surface area (TPSA) is 18.5 Å². The Morgan fingerprint density at radius 1 is 0.826 bits per heavy atom. The van der Waals surface area contributed by atoms with Gasteiger partial charge in [0.25, 0.3) is 0 Å². The molecule has 3 aromatic rings. The molecule has 3 rings (SSSR count). The van der Waals surface area contributed by atoms with Crippen molar-refractivity contribution in [2.45, 2.75) is 19.7 Å². The monoisotopic (exact) mass is 320 g/mol. The van der Waals surface area contributed by atoms with Gasteiger partial charge in [0.2, 0.25) is 0 Å². The fourth-order valence-electron chi connectivity index (χ4n) is 2.53. The van der Waals surface area contributed by atoms with Crippen LogP contribution in [0.25, 0.3) is 21.5 Å². The molecular weight excluding hydrogens is 305 g/mol. The van der Waals surface area contributed by atoms with E-state index in [4.69, 9.17) is 4.74 Å². The molecule has 0 saturated carbocycles. The van der Waals surface area contributed by atoms with Crippen LogP contribution in [0.15, 0.2) is 48.5 Å². The molecular formula is C18H15F3O2. The minimum absolute atomic E-state index is 0.216. The Hall–Kier alpha value is -2.43. The lowest BCUT2D eigenvalue weighted by Gasteiger charge is -2.11. The maximum absolute atomic E-state index is 12.3. The Balaban J connectivity index is 2.02. The third-order valence-electron chi connectivity index (χ3n) is 3.49. The van der Waals surface area contributed by atoms with Gasteiger partial charge in [-0.1, -0.05) is 31.2 Å². The first-order valence-corrected chi connectivity index (χ1v) is 7.31. The lowest BCUT2D eigenvalue weighted by atomic mass is 10.0. The van der Waals surface area contributed by atoms with Gasteiger partial charge in [-0.2, -0.15) is 0 Å². The second kappa shape index (κ2) is 5.99. The predicted molar refractivity (Wildman–Crippen MR) is 83.9 cm³/mol. The normalized spacial score (nSPS) is 11.8. The highest BCUT2D eigenvalue weighted by Crippen LogP contribution is 2.32. The van der Waals surface area contributed by atoms with E-state index in [9.17, 15) is 13.2 Å². The lowest BCUT2D eigenvalue weighted by Crippen LogP contribution is -2.16. The molecule has 0 saturated heterocycles. The minimum atomic E-state index is -4.68. The van der Waals surface area contributed by atoms with Crippen LogP contribution in [-0.4, -0.2) is 13.0 Å². The van der Waals surface area contributed by atoms with Crippen LogP contribution in [-0.2, 0) is 0 Å². The van der Waals surface area contributed by atoms with Crippen LogP contribution < -0.4 is 9.47 Å². The van der Waals surface area contributed by atoms with E-state index >= 15 is 0 Å². The van der Waals surface area contributed by atoms with Crippen molar-refractivity contribution < 1.29 is 22.6 Å². The van der Waals surface area contributed by atoms with Crippen molar-refractivity contribution in [1.82, 2.24) is 0 Å². The van der Waals surface area contributed by atoms with Gasteiger partial charge in [-0.15, -0.1) is 13.2 Å². The Bertz CT molecular complexity index is 841. The van der Waals surface area contributed by atoms with Gasteiger partial charge in [-0.3, -0.25) is 0 Å². The van der Waals surface area contributed by atoms with Crippen molar-refractivity contribution >= 4 is 21.5 Å². The molecule has 0 atom stereocenters. The van der Waals surface area contributed by atoms with Gasteiger partial charge in [0.1, 0.15) is 11.5 Å². The van der Waals surface area contributed by atoms with Gasteiger partial charge in [-0.25, -0.2) is 0 Å². The van der Waals surface area contributed by atoms with E-state index in [1.165, 1.54) is 12.1 Å². The molecule has 23 heavy (non-hydrogen) atoms. The molecule has 3 aromatic carbocycles. The summed E-state index contributed by atoms with van der Waals surface area (Å²) in [7, 11) is 0. The number of halogens is 3. The van der Waals surface area contributed by atoms with Gasteiger partial charge in [0, 0.05) is 0 Å². The number of rotatable bonds is 4. The Morgan fingerprint density at radius 3 is 1.96 bits per heavy atom. The maximum atomic E-state index is 12.3. The summed E-state index contributed by atoms with van der Waals surface area (Å²) < 4.78 is 46.5. The van der Waals surface area contributed by atoms with Crippen LogP contribution >= 0.6 is 0 Å². The van der Waals surface area contributed by atoms with Crippen LogP contribution in [0.5, 0.6) is 11.5 Å². The molecule has 0 aliphatic rings. The second-order valence-electron chi connectivity index (χ2n) is 5.23. The molecule has 0 spiro atoms. The summed E-state index contributed by atoms with van der Waals surface area (Å²) in [5.74, 6) is 0.572. The van der Waals surface area contributed by atoms with Crippen LogP contribution in [0.4, 0.5) is 13.2 Å². The first kappa shape index (κ1) is 15.5. The predicted octanol–water partition coefficient (Wildman–Crippen LogP) is 5.68. The molecule has 0 heterocycles. The van der Waals surface area contributed by atoms with E-state index in [2.05, 4.69) is 4.74 Å². The van der Waals surface area contributed by atoms with Crippen molar-refractivity contribution in [3.8, 4) is 11.5 Å². The third-order valence-corrected chi connectivity index (χ3v) is 3.49. The number of ether oxygens (including phenoxy) is 2. The highest BCUT2D eigenvalue weighted by atomic mass is 19.4. The van der Waals surface area contributed by atoms with E-state index in [0.29, 0.717) is 12.0 Å². The fourth-order valence-corrected chi connectivity index (χ4v) is 2.53. The van der Waals surface area contributed by atoms with Crippen LogP contribution in [0.1, 0.15) is 13.3 Å². The summed E-state index contributed by atoms with van der Waals surface area (Å²) in [6.45, 7) is 2.69. The van der Waals surface area contributed by atoms with E-state index in [-0.39, 0.29) is 5.75 Å². The van der Waals surface area contributed by atoms with Crippen molar-refractivity contribution in [1.29, 1.82) is 0 Å². The number of fused-ring (bicyclic) bond motifs is 3. The Kier molecular flexibility index (Phi) is 4.03. The van der Waals surface area contributed by atoms with Gasteiger partial charge in [0.05, 0.1) is 6.61 Å². The van der Waals surface area contributed by atoms with E-state index in [1.807, 2.05) is 31.2 Å². The van der Waals surface area contributed by atoms with E-state index < -0.39 is 6.36 Å². The first-order valence-electron chi connectivity index (χ1n) is 7.31. The molecule has 0 unspecified atom stereocenters. The molecule has 2 nitrogen and oxygen atoms in total. The van der Waals surface area contributed by atoms with Gasteiger partial charge in [0.15, 0.2) is 0 Å². The summed E-state index contributed by atoms with van der Waals surface area (Å²) in [6.07, 6.45) is -3.76. The second-order valence-corrected chi connectivity index (χ2v) is 5.23. The average molecular weight is 320 g/mol. The van der Waals surface area contributed by atoms with Crippen molar-refractivity contribution in [3.63, 3.8) is 0 Å². The Morgan fingerprint density at radius 2 is 1.39 bits per heavy atom. The van der Waals surface area contributed by atoms with Gasteiger partial charge >= 0.3 is 6.36 Å². The summed E-state index contributed by atoms with van der Waals surface area (Å²) in [4.78, 5) is 0. The molecule has 120 valence electrons. The molecule has 0 amide bonds. The zero-order valence-corrected chi connectivity index (χ0v) is 12.5. The molecule has 0 aliphatic heterocycles. The zero-order valence-electron chi connectivity index (χ0n) is 12.5. The average Bonchev–Trinajstić information content (AvgIpc) is 2.50. The van der Waals surface area contributed by atoms with Crippen molar-refractivity contribution in [2.75, 3.05) is 6.61 Å². The third kappa shape index (κ3) is 3.50. The molecule has 0 radical (unpaired) electrons. The zero-order chi connectivity index (χ0) is 16.4. The number of hydrogen-bond donors (Lipinski definition) is 0. The van der Waals surface area contributed by atoms with Crippen LogP contribution in [0.2, 0.25) is 0 Å². The summed E-state index contributed by atoms with van der Waals surface area (Å²) in [5, 5.41) is 3.51. The maximum Gasteiger partial charge on any atom is 0.573 e. The van der Waals surface area contributed by atoms with Crippen LogP contribution in [0.3, 0.4) is 0 Å². The standard InChI is InChI=1S/C18H15F3O2/c1-2-9-22-14-5-7-16-12(10-14)3-4-13-11-15(6-8-17(13)16)23-18(19,20)21/h3-8,10-11H,2,9H2,1H3. The highest BCUT2D eigenvalue weighted by molar-refractivity contribution is 6.08. The molecule has 5 heteroatoms. The molecule has 0 N–H and O–H groups in total. The SMILES string of the molecule is CCCOc1ccc2c(ccc3cc(OC(F)(F)F)ccc32)c1. The van der Waals surface area contributed by atoms with Gasteiger partial charge in [-0.05, 0) is 52.2 Å². The van der Waals surface area contributed by atoms with Crippen molar-refractivity contribution in [2.24, 2.45) is 0 Å². The summed E-state index contributed by atoms with van der Waals surface area (Å²) in [6, 6.07) is 13.7. The lowest BCUT2D eigenvalue weighted by molar-refractivity contribution is -0.274. The van der Waals surface area contributed by atoms with Crippen LogP contribution in [0, 0.1) is 0 Å². The molecule has 0 bridgehead atoms. The van der Waals surface area contributed by atoms with Crippen molar-refractivity contribution in [3.05, 3.63) is 48.5 Å². The smallest absolute Gasteiger partial charge is 0.494 e. The highest BCUT2D eigenvalue weighted by Gasteiger charge is 2.31. The molecule has 0 fully saturated rings. The minimum Gasteiger partial charge on any atom is -0.494 e. The largest absolute Gasteiger partial charge is 0.573 e.